The second-order valence-electron chi connectivity index (χ2n) is 6.85. The summed E-state index contributed by atoms with van der Waals surface area (Å²) < 4.78 is 5.22. The smallest absolute Gasteiger partial charge is 0.345 e. The first-order valence-electron chi connectivity index (χ1n) is 8.12. The number of hydrogen-bond acceptors (Lipinski definition) is 5. The number of nitrogens with one attached hydrogen (secondary N) is 1. The SMILES string of the molecule is CC(C)(C)C(=O)NCc1cccc(C(=O)Oc2ccc([N+](=O)[O-])cc2)c1Cl. The third-order valence-electron chi connectivity index (χ3n) is 3.68. The Morgan fingerprint density at radius 2 is 1.78 bits per heavy atom. The summed E-state index contributed by atoms with van der Waals surface area (Å²) >= 11 is 6.29. The number of amides is 1. The molecule has 0 unspecified atom stereocenters. The highest BCUT2D eigenvalue weighted by Gasteiger charge is 2.22. The summed E-state index contributed by atoms with van der Waals surface area (Å²) in [5.74, 6) is -0.677. The summed E-state index contributed by atoms with van der Waals surface area (Å²) in [6.45, 7) is 5.55. The van der Waals surface area contributed by atoms with Gasteiger partial charge in [-0.05, 0) is 23.8 Å². The van der Waals surface area contributed by atoms with E-state index in [-0.39, 0.29) is 34.5 Å². The van der Waals surface area contributed by atoms with Gasteiger partial charge in [-0.2, -0.15) is 0 Å². The number of carbonyl (C=O) groups is 2. The fourth-order valence-corrected chi connectivity index (χ4v) is 2.38. The van der Waals surface area contributed by atoms with E-state index >= 15 is 0 Å². The first-order chi connectivity index (χ1) is 12.6. The molecule has 142 valence electrons. The van der Waals surface area contributed by atoms with Crippen molar-refractivity contribution < 1.29 is 19.2 Å². The quantitative estimate of drug-likeness (QED) is 0.358. The monoisotopic (exact) mass is 390 g/mol. The number of nitro groups is 1. The second-order valence-corrected chi connectivity index (χ2v) is 7.23. The average molecular weight is 391 g/mol. The van der Waals surface area contributed by atoms with E-state index in [1.54, 1.807) is 32.9 Å². The maximum atomic E-state index is 12.4. The fourth-order valence-electron chi connectivity index (χ4n) is 2.11. The van der Waals surface area contributed by atoms with Crippen LogP contribution in [0.4, 0.5) is 5.69 Å². The minimum Gasteiger partial charge on any atom is -0.423 e. The van der Waals surface area contributed by atoms with Crippen LogP contribution in [0, 0.1) is 15.5 Å². The number of halogens is 1. The Morgan fingerprint density at radius 1 is 1.15 bits per heavy atom. The normalized spacial score (nSPS) is 11.0. The highest BCUT2D eigenvalue weighted by atomic mass is 35.5. The zero-order valence-corrected chi connectivity index (χ0v) is 15.9. The summed E-state index contributed by atoms with van der Waals surface area (Å²) in [5, 5.41) is 13.6. The molecule has 0 aromatic heterocycles. The average Bonchev–Trinajstić information content (AvgIpc) is 2.60. The molecule has 0 heterocycles. The van der Waals surface area contributed by atoms with Gasteiger partial charge in [0.05, 0.1) is 15.5 Å². The second kappa shape index (κ2) is 8.18. The van der Waals surface area contributed by atoms with Crippen LogP contribution >= 0.6 is 11.6 Å². The molecule has 0 atom stereocenters. The van der Waals surface area contributed by atoms with Gasteiger partial charge in [-0.1, -0.05) is 44.5 Å². The number of non-ortho nitro benzene ring substituents is 1. The molecular formula is C19H19ClN2O5. The van der Waals surface area contributed by atoms with Crippen molar-refractivity contribution in [3.63, 3.8) is 0 Å². The molecule has 0 aliphatic rings. The lowest BCUT2D eigenvalue weighted by Crippen LogP contribution is -2.34. The molecule has 2 aromatic carbocycles. The minimum absolute atomic E-state index is 0.107. The first kappa shape index (κ1) is 20.4. The number of ether oxygens (including phenoxy) is 1. The molecular weight excluding hydrogens is 372 g/mol. The molecule has 0 radical (unpaired) electrons. The Morgan fingerprint density at radius 3 is 2.33 bits per heavy atom. The van der Waals surface area contributed by atoms with Crippen LogP contribution in [0.1, 0.15) is 36.7 Å². The molecule has 0 aliphatic carbocycles. The Labute approximate surface area is 161 Å². The summed E-state index contributed by atoms with van der Waals surface area (Å²) in [4.78, 5) is 34.5. The third-order valence-corrected chi connectivity index (χ3v) is 4.12. The van der Waals surface area contributed by atoms with Crippen LogP contribution in [0.25, 0.3) is 0 Å². The standard InChI is InChI=1S/C19H19ClN2O5/c1-19(2,3)18(24)21-11-12-5-4-6-15(16(12)20)17(23)27-14-9-7-13(8-10-14)22(25)26/h4-10H,11H2,1-3H3,(H,21,24). The largest absolute Gasteiger partial charge is 0.423 e. The lowest BCUT2D eigenvalue weighted by molar-refractivity contribution is -0.384. The Kier molecular flexibility index (Phi) is 6.17. The zero-order valence-electron chi connectivity index (χ0n) is 15.1. The number of esters is 1. The molecule has 1 N–H and O–H groups in total. The van der Waals surface area contributed by atoms with E-state index in [1.807, 2.05) is 0 Å². The third kappa shape index (κ3) is 5.27. The molecule has 0 spiro atoms. The maximum absolute atomic E-state index is 12.4. The summed E-state index contributed by atoms with van der Waals surface area (Å²) in [6, 6.07) is 9.98. The Balaban J connectivity index is 2.12. The van der Waals surface area contributed by atoms with Crippen molar-refractivity contribution in [3.8, 4) is 5.75 Å². The van der Waals surface area contributed by atoms with Gasteiger partial charge in [0.25, 0.3) is 5.69 Å². The number of benzene rings is 2. The van der Waals surface area contributed by atoms with E-state index in [0.717, 1.165) is 0 Å². The maximum Gasteiger partial charge on any atom is 0.345 e. The van der Waals surface area contributed by atoms with Crippen LogP contribution in [-0.2, 0) is 11.3 Å². The van der Waals surface area contributed by atoms with Gasteiger partial charge >= 0.3 is 5.97 Å². The van der Waals surface area contributed by atoms with Crippen molar-refractivity contribution in [1.29, 1.82) is 0 Å². The van der Waals surface area contributed by atoms with Crippen molar-refractivity contribution in [2.45, 2.75) is 27.3 Å². The van der Waals surface area contributed by atoms with Gasteiger partial charge in [-0.3, -0.25) is 14.9 Å². The van der Waals surface area contributed by atoms with Crippen LogP contribution in [0.5, 0.6) is 5.75 Å². The molecule has 0 saturated carbocycles. The molecule has 0 fully saturated rings. The number of nitro benzene ring substituents is 1. The van der Waals surface area contributed by atoms with Gasteiger partial charge in [-0.25, -0.2) is 4.79 Å². The number of rotatable bonds is 5. The van der Waals surface area contributed by atoms with E-state index < -0.39 is 16.3 Å². The van der Waals surface area contributed by atoms with Crippen LogP contribution in [-0.4, -0.2) is 16.8 Å². The van der Waals surface area contributed by atoms with Crippen molar-refractivity contribution >= 4 is 29.2 Å². The molecule has 27 heavy (non-hydrogen) atoms. The predicted octanol–water partition coefficient (Wildman–Crippen LogP) is 4.13. The topological polar surface area (TPSA) is 98.5 Å². The Bertz CT molecular complexity index is 873. The molecule has 2 rings (SSSR count). The summed E-state index contributed by atoms with van der Waals surface area (Å²) in [7, 11) is 0. The van der Waals surface area contributed by atoms with Crippen LogP contribution in [0.15, 0.2) is 42.5 Å². The van der Waals surface area contributed by atoms with Gasteiger partial charge in [-0.15, -0.1) is 0 Å². The van der Waals surface area contributed by atoms with E-state index in [1.165, 1.54) is 30.3 Å². The van der Waals surface area contributed by atoms with Crippen LogP contribution in [0.3, 0.4) is 0 Å². The van der Waals surface area contributed by atoms with Crippen molar-refractivity contribution in [2.24, 2.45) is 5.41 Å². The summed E-state index contributed by atoms with van der Waals surface area (Å²) in [5.41, 5.74) is 0.0632. The molecule has 8 heteroatoms. The minimum atomic E-state index is -0.696. The van der Waals surface area contributed by atoms with E-state index in [2.05, 4.69) is 5.32 Å². The van der Waals surface area contributed by atoms with Crippen molar-refractivity contribution in [3.05, 3.63) is 68.7 Å². The number of hydrogen-bond donors (Lipinski definition) is 1. The predicted molar refractivity (Wildman–Crippen MR) is 101 cm³/mol. The fraction of sp³-hybridized carbons (Fsp3) is 0.263. The highest BCUT2D eigenvalue weighted by Crippen LogP contribution is 2.24. The van der Waals surface area contributed by atoms with Gasteiger partial charge in [0.2, 0.25) is 5.91 Å². The Hall–Kier alpha value is -2.93. The molecule has 0 bridgehead atoms. The number of nitrogens with zero attached hydrogens (tertiary/aromatic N) is 1. The van der Waals surface area contributed by atoms with Gasteiger partial charge < -0.3 is 10.1 Å². The van der Waals surface area contributed by atoms with E-state index in [4.69, 9.17) is 16.3 Å². The lowest BCUT2D eigenvalue weighted by Gasteiger charge is -2.18. The van der Waals surface area contributed by atoms with Crippen LogP contribution < -0.4 is 10.1 Å². The highest BCUT2D eigenvalue weighted by molar-refractivity contribution is 6.34. The zero-order chi connectivity index (χ0) is 20.2. The first-order valence-corrected chi connectivity index (χ1v) is 8.49. The molecule has 0 aliphatic heterocycles. The van der Waals surface area contributed by atoms with E-state index in [9.17, 15) is 19.7 Å². The number of carbonyl (C=O) groups excluding carboxylic acids is 2. The lowest BCUT2D eigenvalue weighted by atomic mass is 9.95. The molecule has 2 aromatic rings. The van der Waals surface area contributed by atoms with Gasteiger partial charge in [0, 0.05) is 24.1 Å². The van der Waals surface area contributed by atoms with Gasteiger partial charge in [0.1, 0.15) is 5.75 Å². The van der Waals surface area contributed by atoms with Gasteiger partial charge in [0.15, 0.2) is 0 Å². The van der Waals surface area contributed by atoms with Crippen molar-refractivity contribution in [1.82, 2.24) is 5.32 Å². The summed E-state index contributed by atoms with van der Waals surface area (Å²) in [6.07, 6.45) is 0. The van der Waals surface area contributed by atoms with Crippen LogP contribution in [0.2, 0.25) is 5.02 Å². The molecule has 7 nitrogen and oxygen atoms in total. The van der Waals surface area contributed by atoms with Crippen molar-refractivity contribution in [2.75, 3.05) is 0 Å². The van der Waals surface area contributed by atoms with E-state index in [0.29, 0.717) is 5.56 Å². The molecule has 0 saturated heterocycles. The molecule has 1 amide bonds.